The number of hydrogen-bond donors (Lipinski definition) is 1. The van der Waals surface area contributed by atoms with E-state index in [1.54, 1.807) is 0 Å². The summed E-state index contributed by atoms with van der Waals surface area (Å²) in [5.41, 5.74) is 6.77. The third-order valence-electron chi connectivity index (χ3n) is 0.762. The summed E-state index contributed by atoms with van der Waals surface area (Å²) in [5, 5.41) is 12.2. The second-order valence-corrected chi connectivity index (χ2v) is 2.29. The van der Waals surface area contributed by atoms with Crippen LogP contribution in [0.15, 0.2) is 5.11 Å². The highest BCUT2D eigenvalue weighted by molar-refractivity contribution is 6.18. The molecule has 0 saturated heterocycles. The van der Waals surface area contributed by atoms with Crippen LogP contribution in [0.2, 0.25) is 0 Å². The van der Waals surface area contributed by atoms with Crippen molar-refractivity contribution in [3.05, 3.63) is 10.4 Å². The lowest BCUT2D eigenvalue weighted by Crippen LogP contribution is -2.29. The first kappa shape index (κ1) is 8.56. The Kier molecular flexibility index (Phi) is 3.39. The highest BCUT2D eigenvalue weighted by atomic mass is 35.5. The second kappa shape index (κ2) is 3.56. The summed E-state index contributed by atoms with van der Waals surface area (Å²) in [6.07, 6.45) is 0. The van der Waals surface area contributed by atoms with Crippen LogP contribution in [0.25, 0.3) is 10.4 Å². The van der Waals surface area contributed by atoms with Crippen LogP contribution in [0.4, 0.5) is 0 Å². The third-order valence-corrected chi connectivity index (χ3v) is 1.34. The third kappa shape index (κ3) is 4.09. The Morgan fingerprint density at radius 1 is 1.89 bits per heavy atom. The molecule has 0 aliphatic rings. The summed E-state index contributed by atoms with van der Waals surface area (Å²) < 4.78 is 0. The van der Waals surface area contributed by atoms with Crippen molar-refractivity contribution in [2.45, 2.75) is 12.5 Å². The van der Waals surface area contributed by atoms with Crippen molar-refractivity contribution in [3.8, 4) is 0 Å². The molecular formula is C4H8ClN3O. The molecular weight excluding hydrogens is 142 g/mol. The van der Waals surface area contributed by atoms with Crippen molar-refractivity contribution in [2.75, 3.05) is 12.4 Å². The fourth-order valence-electron chi connectivity index (χ4n) is 0.226. The first-order valence-corrected chi connectivity index (χ1v) is 2.95. The topological polar surface area (TPSA) is 69.0 Å². The molecule has 0 aromatic carbocycles. The molecule has 0 rings (SSSR count). The van der Waals surface area contributed by atoms with Gasteiger partial charge in [-0.3, -0.25) is 0 Å². The zero-order valence-corrected chi connectivity index (χ0v) is 5.84. The quantitative estimate of drug-likeness (QED) is 0.279. The van der Waals surface area contributed by atoms with E-state index in [2.05, 4.69) is 10.0 Å². The minimum absolute atomic E-state index is 0.0208. The van der Waals surface area contributed by atoms with Crippen LogP contribution in [-0.4, -0.2) is 23.1 Å². The Bertz CT molecular complexity index is 130. The van der Waals surface area contributed by atoms with E-state index in [0.29, 0.717) is 0 Å². The average molecular weight is 150 g/mol. The molecule has 0 saturated carbocycles. The number of halogens is 1. The van der Waals surface area contributed by atoms with Gasteiger partial charge in [0.05, 0.1) is 18.0 Å². The summed E-state index contributed by atoms with van der Waals surface area (Å²) in [4.78, 5) is 2.48. The normalized spacial score (nSPS) is 15.9. The second-order valence-electron chi connectivity index (χ2n) is 2.02. The van der Waals surface area contributed by atoms with E-state index in [9.17, 15) is 0 Å². The van der Waals surface area contributed by atoms with Crippen molar-refractivity contribution in [2.24, 2.45) is 5.11 Å². The van der Waals surface area contributed by atoms with Gasteiger partial charge in [0.2, 0.25) is 0 Å². The summed E-state index contributed by atoms with van der Waals surface area (Å²) in [7, 11) is 0. The van der Waals surface area contributed by atoms with Gasteiger partial charge in [0.15, 0.2) is 0 Å². The van der Waals surface area contributed by atoms with Crippen LogP contribution in [-0.2, 0) is 0 Å². The predicted molar refractivity (Wildman–Crippen MR) is 35.4 cm³/mol. The molecule has 5 heteroatoms. The van der Waals surface area contributed by atoms with Gasteiger partial charge in [-0.1, -0.05) is 5.11 Å². The monoisotopic (exact) mass is 149 g/mol. The molecule has 0 radical (unpaired) electrons. The molecule has 0 aliphatic carbocycles. The maximum atomic E-state index is 9.06. The van der Waals surface area contributed by atoms with E-state index >= 15 is 0 Å². The Balaban J connectivity index is 3.71. The Morgan fingerprint density at radius 2 is 2.44 bits per heavy atom. The van der Waals surface area contributed by atoms with E-state index in [-0.39, 0.29) is 12.4 Å². The fraction of sp³-hybridized carbons (Fsp3) is 1.00. The van der Waals surface area contributed by atoms with Crippen LogP contribution in [0.3, 0.4) is 0 Å². The minimum Gasteiger partial charge on any atom is -0.389 e. The molecule has 0 aromatic rings. The first-order valence-electron chi connectivity index (χ1n) is 2.41. The fourth-order valence-corrected chi connectivity index (χ4v) is 0.311. The molecule has 52 valence electrons. The van der Waals surface area contributed by atoms with Crippen LogP contribution >= 0.6 is 11.6 Å². The van der Waals surface area contributed by atoms with Gasteiger partial charge in [-0.2, -0.15) is 0 Å². The van der Waals surface area contributed by atoms with Gasteiger partial charge < -0.3 is 5.11 Å². The summed E-state index contributed by atoms with van der Waals surface area (Å²) in [6.45, 7) is 1.53. The van der Waals surface area contributed by atoms with Crippen molar-refractivity contribution in [1.29, 1.82) is 0 Å². The predicted octanol–water partition coefficient (Wildman–Crippen LogP) is 1.29. The zero-order valence-electron chi connectivity index (χ0n) is 5.08. The summed E-state index contributed by atoms with van der Waals surface area (Å²) in [5.74, 6) is 0.0754. The van der Waals surface area contributed by atoms with Crippen molar-refractivity contribution >= 4 is 11.6 Å². The lowest BCUT2D eigenvalue weighted by Gasteiger charge is -2.15. The SMILES string of the molecule is CC(O)(CCl)CN=[N+]=[N-]. The van der Waals surface area contributed by atoms with Crippen molar-refractivity contribution < 1.29 is 5.11 Å². The van der Waals surface area contributed by atoms with Crippen molar-refractivity contribution in [1.82, 2.24) is 0 Å². The summed E-state index contributed by atoms with van der Waals surface area (Å²) >= 11 is 5.30. The number of azide groups is 1. The average Bonchev–Trinajstić information content (AvgIpc) is 1.84. The number of nitrogens with zero attached hydrogens (tertiary/aromatic N) is 3. The number of aliphatic hydroxyl groups is 1. The standard InChI is InChI=1S/C4H8ClN3O/c1-4(9,2-5)3-7-8-6/h9H,2-3H2,1H3. The lowest BCUT2D eigenvalue weighted by atomic mass is 10.1. The van der Waals surface area contributed by atoms with Gasteiger partial charge in [0, 0.05) is 4.91 Å². The van der Waals surface area contributed by atoms with Gasteiger partial charge in [-0.25, -0.2) is 0 Å². The van der Waals surface area contributed by atoms with Gasteiger partial charge >= 0.3 is 0 Å². The Morgan fingerprint density at radius 3 is 2.78 bits per heavy atom. The molecule has 0 bridgehead atoms. The highest BCUT2D eigenvalue weighted by Gasteiger charge is 2.16. The van der Waals surface area contributed by atoms with Gasteiger partial charge in [-0.05, 0) is 12.5 Å². The van der Waals surface area contributed by atoms with Crippen LogP contribution in [0.1, 0.15) is 6.92 Å². The molecule has 0 amide bonds. The Labute approximate surface area is 58.1 Å². The van der Waals surface area contributed by atoms with E-state index in [0.717, 1.165) is 0 Å². The van der Waals surface area contributed by atoms with Crippen LogP contribution < -0.4 is 0 Å². The number of alkyl halides is 1. The lowest BCUT2D eigenvalue weighted by molar-refractivity contribution is 0.0936. The van der Waals surface area contributed by atoms with E-state index < -0.39 is 5.60 Å². The van der Waals surface area contributed by atoms with E-state index in [1.165, 1.54) is 6.92 Å². The number of rotatable bonds is 3. The van der Waals surface area contributed by atoms with Crippen LogP contribution in [0.5, 0.6) is 0 Å². The number of hydrogen-bond acceptors (Lipinski definition) is 2. The van der Waals surface area contributed by atoms with Gasteiger partial charge in [-0.15, -0.1) is 11.6 Å². The smallest absolute Gasteiger partial charge is 0.0810 e. The zero-order chi connectivity index (χ0) is 7.33. The molecule has 4 nitrogen and oxygen atoms in total. The van der Waals surface area contributed by atoms with Gasteiger partial charge in [0.1, 0.15) is 0 Å². The largest absolute Gasteiger partial charge is 0.389 e. The molecule has 1 unspecified atom stereocenters. The molecule has 0 heterocycles. The summed E-state index contributed by atoms with van der Waals surface area (Å²) in [6, 6.07) is 0. The van der Waals surface area contributed by atoms with E-state index in [1.807, 2.05) is 0 Å². The van der Waals surface area contributed by atoms with Crippen LogP contribution in [0, 0.1) is 0 Å². The van der Waals surface area contributed by atoms with E-state index in [4.69, 9.17) is 22.2 Å². The maximum absolute atomic E-state index is 9.06. The highest BCUT2D eigenvalue weighted by Crippen LogP contribution is 2.05. The van der Waals surface area contributed by atoms with Crippen molar-refractivity contribution in [3.63, 3.8) is 0 Å². The molecule has 0 spiro atoms. The minimum atomic E-state index is -1.06. The van der Waals surface area contributed by atoms with Gasteiger partial charge in [0.25, 0.3) is 0 Å². The molecule has 1 atom stereocenters. The molecule has 9 heavy (non-hydrogen) atoms. The first-order chi connectivity index (χ1) is 4.12. The molecule has 0 aliphatic heterocycles. The Hall–Kier alpha value is -0.440. The maximum Gasteiger partial charge on any atom is 0.0810 e. The molecule has 0 aromatic heterocycles. The molecule has 0 fully saturated rings. The molecule has 1 N–H and O–H groups in total.